The molecule has 0 radical (unpaired) electrons. The van der Waals surface area contributed by atoms with Crippen LogP contribution in [0.1, 0.15) is 34.1 Å². The van der Waals surface area contributed by atoms with Crippen LogP contribution in [0.5, 0.6) is 5.75 Å². The molecule has 0 aromatic heterocycles. The van der Waals surface area contributed by atoms with Crippen LogP contribution in [0.3, 0.4) is 0 Å². The molecular weight excluding hydrogens is 266 g/mol. The van der Waals surface area contributed by atoms with Crippen LogP contribution in [-0.2, 0) is 4.79 Å². The van der Waals surface area contributed by atoms with Crippen LogP contribution in [0.2, 0.25) is 0 Å². The summed E-state index contributed by atoms with van der Waals surface area (Å²) < 4.78 is 31.4. The molecule has 3 nitrogen and oxygen atoms in total. The highest BCUT2D eigenvalue weighted by molar-refractivity contribution is 5.73. The van der Waals surface area contributed by atoms with Crippen LogP contribution in [0, 0.1) is 22.5 Å². The summed E-state index contributed by atoms with van der Waals surface area (Å²) in [6.07, 6.45) is 0.382. The van der Waals surface area contributed by atoms with Crippen molar-refractivity contribution in [2.24, 2.45) is 10.8 Å². The lowest BCUT2D eigenvalue weighted by atomic mass is 9.75. The van der Waals surface area contributed by atoms with Crippen molar-refractivity contribution in [3.05, 3.63) is 29.8 Å². The van der Waals surface area contributed by atoms with E-state index in [-0.39, 0.29) is 12.4 Å². The lowest BCUT2D eigenvalue weighted by molar-refractivity contribution is -0.148. The average molecular weight is 286 g/mol. The summed E-state index contributed by atoms with van der Waals surface area (Å²) >= 11 is 0. The Morgan fingerprint density at radius 1 is 1.15 bits per heavy atom. The van der Waals surface area contributed by atoms with E-state index in [2.05, 4.69) is 0 Å². The predicted octanol–water partition coefficient (Wildman–Crippen LogP) is 3.87. The van der Waals surface area contributed by atoms with Crippen LogP contribution >= 0.6 is 0 Å². The summed E-state index contributed by atoms with van der Waals surface area (Å²) in [7, 11) is 0. The predicted molar refractivity (Wildman–Crippen MR) is 71.7 cm³/mol. The summed E-state index contributed by atoms with van der Waals surface area (Å²) in [6, 6.07) is 2.97. The standard InChI is InChI=1S/C15H20F2O3/c1-14(2,8-15(3,4)13(18)19)9-20-12-6-10(16)5-11(17)7-12/h5-7H,8-9H2,1-4H3,(H,18,19). The van der Waals surface area contributed by atoms with Gasteiger partial charge in [0.1, 0.15) is 17.4 Å². The minimum Gasteiger partial charge on any atom is -0.493 e. The molecule has 5 heteroatoms. The molecule has 0 saturated carbocycles. The maximum Gasteiger partial charge on any atom is 0.309 e. The third kappa shape index (κ3) is 4.79. The Kier molecular flexibility index (Phi) is 4.73. The van der Waals surface area contributed by atoms with Gasteiger partial charge in [-0.2, -0.15) is 0 Å². The molecule has 0 aliphatic heterocycles. The number of ether oxygens (including phenoxy) is 1. The summed E-state index contributed by atoms with van der Waals surface area (Å²) in [5, 5.41) is 9.12. The van der Waals surface area contributed by atoms with Crippen LogP contribution in [0.25, 0.3) is 0 Å². The van der Waals surface area contributed by atoms with Crippen LogP contribution in [-0.4, -0.2) is 17.7 Å². The van der Waals surface area contributed by atoms with E-state index in [1.54, 1.807) is 13.8 Å². The molecule has 1 aromatic rings. The lowest BCUT2D eigenvalue weighted by Crippen LogP contribution is -2.33. The Morgan fingerprint density at radius 2 is 1.65 bits per heavy atom. The smallest absolute Gasteiger partial charge is 0.309 e. The Labute approximate surface area is 117 Å². The molecular formula is C15H20F2O3. The van der Waals surface area contributed by atoms with Crippen molar-refractivity contribution < 1.29 is 23.4 Å². The highest BCUT2D eigenvalue weighted by atomic mass is 19.1. The molecule has 0 fully saturated rings. The number of hydrogen-bond donors (Lipinski definition) is 1. The zero-order valence-corrected chi connectivity index (χ0v) is 12.2. The second-order valence-corrected chi connectivity index (χ2v) is 6.42. The van der Waals surface area contributed by atoms with Gasteiger partial charge in [-0.05, 0) is 25.7 Å². The Balaban J connectivity index is 2.70. The van der Waals surface area contributed by atoms with E-state index in [1.165, 1.54) is 0 Å². The first-order valence-electron chi connectivity index (χ1n) is 6.34. The molecule has 112 valence electrons. The number of aliphatic carboxylic acids is 1. The van der Waals surface area contributed by atoms with Crippen molar-refractivity contribution in [1.29, 1.82) is 0 Å². The maximum absolute atomic E-state index is 13.0. The largest absolute Gasteiger partial charge is 0.493 e. The Bertz CT molecular complexity index is 476. The number of halogens is 2. The van der Waals surface area contributed by atoms with Gasteiger partial charge in [-0.25, -0.2) is 8.78 Å². The van der Waals surface area contributed by atoms with Crippen molar-refractivity contribution in [3.63, 3.8) is 0 Å². The number of carboxylic acid groups (broad SMARTS) is 1. The second-order valence-electron chi connectivity index (χ2n) is 6.42. The van der Waals surface area contributed by atoms with Crippen LogP contribution in [0.4, 0.5) is 8.78 Å². The molecule has 0 bridgehead atoms. The molecule has 0 aliphatic rings. The van der Waals surface area contributed by atoms with Gasteiger partial charge in [0.15, 0.2) is 0 Å². The van der Waals surface area contributed by atoms with Gasteiger partial charge in [-0.15, -0.1) is 0 Å². The minimum atomic E-state index is -0.889. The molecule has 0 unspecified atom stereocenters. The quantitative estimate of drug-likeness (QED) is 0.863. The number of benzene rings is 1. The van der Waals surface area contributed by atoms with Crippen LogP contribution in [0.15, 0.2) is 18.2 Å². The fourth-order valence-electron chi connectivity index (χ4n) is 2.21. The number of carboxylic acids is 1. The van der Waals surface area contributed by atoms with Gasteiger partial charge in [-0.3, -0.25) is 4.79 Å². The zero-order chi connectivity index (χ0) is 15.6. The SMILES string of the molecule is CC(C)(COc1cc(F)cc(F)c1)CC(C)(C)C(=O)O. The third-order valence-electron chi connectivity index (χ3n) is 2.97. The van der Waals surface area contributed by atoms with Gasteiger partial charge in [0.2, 0.25) is 0 Å². The number of rotatable bonds is 6. The molecule has 0 saturated heterocycles. The normalized spacial score (nSPS) is 12.3. The Hall–Kier alpha value is -1.65. The fraction of sp³-hybridized carbons (Fsp3) is 0.533. The number of carbonyl (C=O) groups is 1. The monoisotopic (exact) mass is 286 g/mol. The molecule has 0 amide bonds. The van der Waals surface area contributed by atoms with Crippen molar-refractivity contribution in [2.45, 2.75) is 34.1 Å². The summed E-state index contributed by atoms with van der Waals surface area (Å²) in [5.41, 5.74) is -1.33. The second kappa shape index (κ2) is 5.77. The highest BCUT2D eigenvalue weighted by Gasteiger charge is 2.35. The van der Waals surface area contributed by atoms with E-state index < -0.39 is 28.4 Å². The van der Waals surface area contributed by atoms with E-state index >= 15 is 0 Å². The molecule has 1 aromatic carbocycles. The minimum absolute atomic E-state index is 0.101. The lowest BCUT2D eigenvalue weighted by Gasteiger charge is -2.31. The molecule has 1 rings (SSSR count). The van der Waals surface area contributed by atoms with E-state index in [1.807, 2.05) is 13.8 Å². The first-order valence-corrected chi connectivity index (χ1v) is 6.34. The van der Waals surface area contributed by atoms with Crippen molar-refractivity contribution >= 4 is 5.97 Å². The van der Waals surface area contributed by atoms with E-state index in [0.717, 1.165) is 18.2 Å². The van der Waals surface area contributed by atoms with Gasteiger partial charge in [0, 0.05) is 18.2 Å². The van der Waals surface area contributed by atoms with Gasteiger partial charge in [0.25, 0.3) is 0 Å². The van der Waals surface area contributed by atoms with Crippen molar-refractivity contribution in [1.82, 2.24) is 0 Å². The summed E-state index contributed by atoms with van der Waals surface area (Å²) in [5.74, 6) is -2.20. The average Bonchev–Trinajstić information content (AvgIpc) is 2.23. The molecule has 0 heterocycles. The van der Waals surface area contributed by atoms with E-state index in [9.17, 15) is 13.6 Å². The summed E-state index contributed by atoms with van der Waals surface area (Å²) in [4.78, 5) is 11.1. The molecule has 20 heavy (non-hydrogen) atoms. The highest BCUT2D eigenvalue weighted by Crippen LogP contribution is 2.34. The van der Waals surface area contributed by atoms with Gasteiger partial charge < -0.3 is 9.84 Å². The Morgan fingerprint density at radius 3 is 2.10 bits per heavy atom. The first kappa shape index (κ1) is 16.4. The van der Waals surface area contributed by atoms with Gasteiger partial charge in [0.05, 0.1) is 12.0 Å². The maximum atomic E-state index is 13.0. The van der Waals surface area contributed by atoms with Crippen molar-refractivity contribution in [2.75, 3.05) is 6.61 Å². The number of hydrogen-bond acceptors (Lipinski definition) is 2. The molecule has 0 aliphatic carbocycles. The van der Waals surface area contributed by atoms with E-state index in [4.69, 9.17) is 9.84 Å². The molecule has 0 spiro atoms. The van der Waals surface area contributed by atoms with E-state index in [0.29, 0.717) is 6.42 Å². The first-order chi connectivity index (χ1) is 9.02. The van der Waals surface area contributed by atoms with Gasteiger partial charge in [-0.1, -0.05) is 13.8 Å². The molecule has 0 atom stereocenters. The summed E-state index contributed by atoms with van der Waals surface area (Å²) in [6.45, 7) is 7.16. The van der Waals surface area contributed by atoms with Gasteiger partial charge >= 0.3 is 5.97 Å². The fourth-order valence-corrected chi connectivity index (χ4v) is 2.21. The van der Waals surface area contributed by atoms with Crippen molar-refractivity contribution in [3.8, 4) is 5.75 Å². The molecule has 1 N–H and O–H groups in total. The topological polar surface area (TPSA) is 46.5 Å². The van der Waals surface area contributed by atoms with Crippen LogP contribution < -0.4 is 4.74 Å². The third-order valence-corrected chi connectivity index (χ3v) is 2.97. The zero-order valence-electron chi connectivity index (χ0n) is 12.2.